The lowest BCUT2D eigenvalue weighted by molar-refractivity contribution is 0.498. The molecule has 0 aromatic carbocycles. The third-order valence-electron chi connectivity index (χ3n) is 3.11. The number of anilines is 2. The Morgan fingerprint density at radius 2 is 2.00 bits per heavy atom. The molecule has 0 spiro atoms. The van der Waals surface area contributed by atoms with Gasteiger partial charge in [-0.25, -0.2) is 4.98 Å². The maximum Gasteiger partial charge on any atom is 0.318 e. The number of hydrogen-bond acceptors (Lipinski definition) is 6. The lowest BCUT2D eigenvalue weighted by atomic mass is 10.1. The predicted octanol–water partition coefficient (Wildman–Crippen LogP) is 1.70. The van der Waals surface area contributed by atoms with E-state index in [0.29, 0.717) is 23.3 Å². The van der Waals surface area contributed by atoms with Gasteiger partial charge in [0.05, 0.1) is 5.56 Å². The van der Waals surface area contributed by atoms with Gasteiger partial charge < -0.3 is 15.1 Å². The summed E-state index contributed by atoms with van der Waals surface area (Å²) in [4.78, 5) is 6.13. The van der Waals surface area contributed by atoms with E-state index in [4.69, 9.17) is 10.2 Å². The van der Waals surface area contributed by atoms with Gasteiger partial charge in [-0.05, 0) is 31.4 Å². The van der Waals surface area contributed by atoms with E-state index < -0.39 is 0 Å². The second-order valence-electron chi connectivity index (χ2n) is 4.37. The molecule has 6 heteroatoms. The van der Waals surface area contributed by atoms with E-state index in [1.807, 2.05) is 6.07 Å². The average Bonchev–Trinajstić information content (AvgIpc) is 2.90. The molecule has 94 valence electrons. The van der Waals surface area contributed by atoms with Gasteiger partial charge >= 0.3 is 6.01 Å². The molecule has 0 amide bonds. The van der Waals surface area contributed by atoms with Crippen molar-refractivity contribution in [2.75, 3.05) is 23.7 Å². The summed E-state index contributed by atoms with van der Waals surface area (Å²) in [5.74, 6) is 0.840. The van der Waals surface area contributed by atoms with Crippen molar-refractivity contribution in [3.8, 4) is 11.5 Å². The maximum atomic E-state index is 5.79. The normalized spacial score (nSPS) is 15.9. The number of rotatable bonds is 2. The number of aromatic nitrogens is 3. The largest absolute Gasteiger partial charge is 0.403 e. The Kier molecular flexibility index (Phi) is 2.84. The molecule has 6 nitrogen and oxygen atoms in total. The molecule has 2 N–H and O–H groups in total. The molecule has 0 bridgehead atoms. The van der Waals surface area contributed by atoms with E-state index in [1.54, 1.807) is 12.3 Å². The summed E-state index contributed by atoms with van der Waals surface area (Å²) < 4.78 is 5.67. The summed E-state index contributed by atoms with van der Waals surface area (Å²) in [6.07, 6.45) is 5.26. The van der Waals surface area contributed by atoms with E-state index in [0.717, 1.165) is 13.1 Å². The first kappa shape index (κ1) is 11.0. The zero-order valence-electron chi connectivity index (χ0n) is 10.0. The molecule has 3 heterocycles. The first-order valence-corrected chi connectivity index (χ1v) is 6.14. The first-order valence-electron chi connectivity index (χ1n) is 6.14. The molecule has 1 saturated heterocycles. The van der Waals surface area contributed by atoms with Crippen molar-refractivity contribution in [3.05, 3.63) is 18.3 Å². The summed E-state index contributed by atoms with van der Waals surface area (Å²) in [6, 6.07) is 4.21. The van der Waals surface area contributed by atoms with Crippen LogP contribution in [0.4, 0.5) is 11.8 Å². The van der Waals surface area contributed by atoms with Crippen LogP contribution in [0.15, 0.2) is 22.7 Å². The summed E-state index contributed by atoms with van der Waals surface area (Å²) in [5, 5.41) is 8.13. The molecule has 0 aliphatic carbocycles. The highest BCUT2D eigenvalue weighted by Gasteiger charge is 2.18. The zero-order chi connectivity index (χ0) is 12.4. The summed E-state index contributed by atoms with van der Waals surface area (Å²) in [5.41, 5.74) is 6.48. The van der Waals surface area contributed by atoms with Crippen LogP contribution >= 0.6 is 0 Å². The van der Waals surface area contributed by atoms with Crippen LogP contribution in [0, 0.1) is 0 Å². The highest BCUT2D eigenvalue weighted by atomic mass is 16.4. The minimum atomic E-state index is 0.409. The number of nitrogen functional groups attached to an aromatic ring is 1. The monoisotopic (exact) mass is 245 g/mol. The topological polar surface area (TPSA) is 81.1 Å². The van der Waals surface area contributed by atoms with Crippen LogP contribution in [0.1, 0.15) is 19.3 Å². The number of piperidine rings is 1. The second kappa shape index (κ2) is 4.64. The van der Waals surface area contributed by atoms with E-state index in [2.05, 4.69) is 20.1 Å². The standard InChI is InChI=1S/C12H15N5O/c13-10-9(5-4-6-14-10)11-15-16-12(18-11)17-7-2-1-3-8-17/h4-6H,1-3,7-8H2,(H2,13,14). The van der Waals surface area contributed by atoms with Crippen molar-refractivity contribution < 1.29 is 4.42 Å². The molecule has 1 fully saturated rings. The Balaban J connectivity index is 1.87. The van der Waals surface area contributed by atoms with Gasteiger partial charge in [-0.1, -0.05) is 5.10 Å². The summed E-state index contributed by atoms with van der Waals surface area (Å²) >= 11 is 0. The molecule has 0 radical (unpaired) electrons. The van der Waals surface area contributed by atoms with Gasteiger partial charge in [0, 0.05) is 19.3 Å². The molecule has 0 saturated carbocycles. The van der Waals surface area contributed by atoms with Crippen LogP contribution in [-0.4, -0.2) is 28.3 Å². The molecular weight excluding hydrogens is 230 g/mol. The summed E-state index contributed by atoms with van der Waals surface area (Å²) in [7, 11) is 0. The van der Waals surface area contributed by atoms with Crippen molar-refractivity contribution in [1.82, 2.24) is 15.2 Å². The van der Waals surface area contributed by atoms with Gasteiger partial charge in [-0.3, -0.25) is 0 Å². The Morgan fingerprint density at radius 3 is 2.78 bits per heavy atom. The van der Waals surface area contributed by atoms with Crippen LogP contribution in [0.5, 0.6) is 0 Å². The van der Waals surface area contributed by atoms with Gasteiger partial charge in [0.25, 0.3) is 5.89 Å². The highest BCUT2D eigenvalue weighted by molar-refractivity contribution is 5.66. The lowest BCUT2D eigenvalue weighted by Crippen LogP contribution is -2.29. The van der Waals surface area contributed by atoms with Gasteiger partial charge in [0.1, 0.15) is 5.82 Å². The predicted molar refractivity (Wildman–Crippen MR) is 68.0 cm³/mol. The molecular formula is C12H15N5O. The first-order chi connectivity index (χ1) is 8.84. The zero-order valence-corrected chi connectivity index (χ0v) is 10.0. The fourth-order valence-corrected chi connectivity index (χ4v) is 2.14. The fraction of sp³-hybridized carbons (Fsp3) is 0.417. The van der Waals surface area contributed by atoms with E-state index >= 15 is 0 Å². The van der Waals surface area contributed by atoms with Gasteiger partial charge in [-0.15, -0.1) is 5.10 Å². The highest BCUT2D eigenvalue weighted by Crippen LogP contribution is 2.26. The average molecular weight is 245 g/mol. The van der Waals surface area contributed by atoms with Crippen molar-refractivity contribution in [3.63, 3.8) is 0 Å². The number of nitrogens with zero attached hydrogens (tertiary/aromatic N) is 4. The van der Waals surface area contributed by atoms with Gasteiger partial charge in [-0.2, -0.15) is 0 Å². The minimum absolute atomic E-state index is 0.409. The maximum absolute atomic E-state index is 5.79. The molecule has 18 heavy (non-hydrogen) atoms. The molecule has 3 rings (SSSR count). The summed E-state index contributed by atoms with van der Waals surface area (Å²) in [6.45, 7) is 1.95. The van der Waals surface area contributed by atoms with Crippen molar-refractivity contribution >= 4 is 11.8 Å². The van der Waals surface area contributed by atoms with Crippen LogP contribution in [0.3, 0.4) is 0 Å². The Bertz CT molecular complexity index is 533. The van der Waals surface area contributed by atoms with Crippen molar-refractivity contribution in [1.29, 1.82) is 0 Å². The molecule has 2 aromatic heterocycles. The lowest BCUT2D eigenvalue weighted by Gasteiger charge is -2.24. The van der Waals surface area contributed by atoms with E-state index in [9.17, 15) is 0 Å². The molecule has 2 aromatic rings. The SMILES string of the molecule is Nc1ncccc1-c1nnc(N2CCCCC2)o1. The van der Waals surface area contributed by atoms with Crippen LogP contribution in [-0.2, 0) is 0 Å². The molecule has 0 unspecified atom stereocenters. The van der Waals surface area contributed by atoms with Crippen LogP contribution < -0.4 is 10.6 Å². The van der Waals surface area contributed by atoms with Crippen LogP contribution in [0.2, 0.25) is 0 Å². The molecule has 0 atom stereocenters. The van der Waals surface area contributed by atoms with Crippen molar-refractivity contribution in [2.45, 2.75) is 19.3 Å². The Labute approximate surface area is 105 Å². The van der Waals surface area contributed by atoms with Gasteiger partial charge in [0.2, 0.25) is 0 Å². The quantitative estimate of drug-likeness (QED) is 0.867. The number of pyridine rings is 1. The molecule has 1 aliphatic rings. The fourth-order valence-electron chi connectivity index (χ4n) is 2.14. The smallest absolute Gasteiger partial charge is 0.318 e. The molecule has 1 aliphatic heterocycles. The van der Waals surface area contributed by atoms with Gasteiger partial charge in [0.15, 0.2) is 0 Å². The Hall–Kier alpha value is -2.11. The second-order valence-corrected chi connectivity index (χ2v) is 4.37. The number of nitrogens with two attached hydrogens (primary N) is 1. The number of hydrogen-bond donors (Lipinski definition) is 1. The van der Waals surface area contributed by atoms with E-state index in [1.165, 1.54) is 19.3 Å². The third-order valence-corrected chi connectivity index (χ3v) is 3.11. The van der Waals surface area contributed by atoms with Crippen LogP contribution in [0.25, 0.3) is 11.5 Å². The third kappa shape index (κ3) is 2.01. The minimum Gasteiger partial charge on any atom is -0.403 e. The van der Waals surface area contributed by atoms with E-state index in [-0.39, 0.29) is 0 Å². The van der Waals surface area contributed by atoms with Crippen molar-refractivity contribution in [2.24, 2.45) is 0 Å². The Morgan fingerprint density at radius 1 is 1.17 bits per heavy atom.